The van der Waals surface area contributed by atoms with Crippen molar-refractivity contribution in [1.29, 1.82) is 0 Å². The predicted molar refractivity (Wildman–Crippen MR) is 64.4 cm³/mol. The van der Waals surface area contributed by atoms with Crippen molar-refractivity contribution in [1.82, 2.24) is 0 Å². The van der Waals surface area contributed by atoms with Gasteiger partial charge in [0.15, 0.2) is 0 Å². The van der Waals surface area contributed by atoms with Gasteiger partial charge in [0.1, 0.15) is 0 Å². The molecule has 0 radical (unpaired) electrons. The Labute approximate surface area is 87.7 Å². The molecule has 1 aromatic carbocycles. The third kappa shape index (κ3) is 3.37. The number of hydrogen-bond acceptors (Lipinski definition) is 0. The molecular formula is C14H20. The molecule has 0 bridgehead atoms. The molecule has 0 aliphatic carbocycles. The van der Waals surface area contributed by atoms with Crippen molar-refractivity contribution >= 4 is 6.08 Å². The van der Waals surface area contributed by atoms with Crippen LogP contribution in [0.5, 0.6) is 0 Å². The summed E-state index contributed by atoms with van der Waals surface area (Å²) in [6.45, 7) is 6.63. The summed E-state index contributed by atoms with van der Waals surface area (Å²) in [5.74, 6) is 0. The number of aryl methyl sites for hydroxylation is 1. The standard InChI is InChI=1S/C14H20/c1-4-5-8-12(2)11-14-10-7-6-9-13(14)3/h6-7,9-11H,4-5,8H2,1-3H3/b12-11+. The molecule has 0 aromatic heterocycles. The first kappa shape index (κ1) is 11.0. The third-order valence-electron chi connectivity index (χ3n) is 2.52. The van der Waals surface area contributed by atoms with Crippen molar-refractivity contribution in [3.8, 4) is 0 Å². The predicted octanol–water partition coefficient (Wildman–Crippen LogP) is 4.59. The molecule has 0 nitrogen and oxygen atoms in total. The van der Waals surface area contributed by atoms with E-state index in [1.807, 2.05) is 0 Å². The van der Waals surface area contributed by atoms with E-state index in [0.717, 1.165) is 0 Å². The Hall–Kier alpha value is -1.04. The Morgan fingerprint density at radius 1 is 1.29 bits per heavy atom. The maximum absolute atomic E-state index is 2.31. The van der Waals surface area contributed by atoms with E-state index in [1.54, 1.807) is 0 Å². The van der Waals surface area contributed by atoms with Crippen molar-refractivity contribution in [3.05, 3.63) is 41.0 Å². The summed E-state index contributed by atoms with van der Waals surface area (Å²) in [7, 11) is 0. The Balaban J connectivity index is 2.71. The van der Waals surface area contributed by atoms with Gasteiger partial charge in [0.2, 0.25) is 0 Å². The third-order valence-corrected chi connectivity index (χ3v) is 2.52. The summed E-state index contributed by atoms with van der Waals surface area (Å²) in [5, 5.41) is 0. The molecule has 0 saturated carbocycles. The summed E-state index contributed by atoms with van der Waals surface area (Å²) in [6, 6.07) is 8.55. The zero-order valence-electron chi connectivity index (χ0n) is 9.51. The number of hydrogen-bond donors (Lipinski definition) is 0. The van der Waals surface area contributed by atoms with Crippen molar-refractivity contribution < 1.29 is 0 Å². The van der Waals surface area contributed by atoms with Gasteiger partial charge in [-0.15, -0.1) is 0 Å². The topological polar surface area (TPSA) is 0 Å². The van der Waals surface area contributed by atoms with Crippen LogP contribution in [0.1, 0.15) is 44.2 Å². The van der Waals surface area contributed by atoms with Gasteiger partial charge >= 0.3 is 0 Å². The Morgan fingerprint density at radius 2 is 2.00 bits per heavy atom. The molecule has 76 valence electrons. The molecule has 0 fully saturated rings. The van der Waals surface area contributed by atoms with Crippen LogP contribution in [0.15, 0.2) is 29.8 Å². The molecule has 0 aliphatic rings. The molecule has 0 saturated heterocycles. The Bertz CT molecular complexity index is 308. The minimum absolute atomic E-state index is 1.23. The normalized spacial score (nSPS) is 11.8. The van der Waals surface area contributed by atoms with Gasteiger partial charge in [0, 0.05) is 0 Å². The van der Waals surface area contributed by atoms with E-state index in [2.05, 4.69) is 51.1 Å². The second-order valence-electron chi connectivity index (χ2n) is 3.95. The smallest absolute Gasteiger partial charge is 0.0228 e. The maximum Gasteiger partial charge on any atom is -0.0228 e. The second kappa shape index (κ2) is 5.64. The molecule has 1 rings (SSSR count). The van der Waals surface area contributed by atoms with Crippen LogP contribution in [0.2, 0.25) is 0 Å². The first-order valence-electron chi connectivity index (χ1n) is 5.47. The Kier molecular flexibility index (Phi) is 4.45. The van der Waals surface area contributed by atoms with Crippen LogP contribution < -0.4 is 0 Å². The van der Waals surface area contributed by atoms with E-state index in [-0.39, 0.29) is 0 Å². The van der Waals surface area contributed by atoms with Crippen molar-refractivity contribution in [2.75, 3.05) is 0 Å². The number of allylic oxidation sites excluding steroid dienone is 1. The highest BCUT2D eigenvalue weighted by Crippen LogP contribution is 2.15. The molecule has 0 amide bonds. The lowest BCUT2D eigenvalue weighted by atomic mass is 10.0. The molecule has 0 spiro atoms. The van der Waals surface area contributed by atoms with Gasteiger partial charge in [0.25, 0.3) is 0 Å². The summed E-state index contributed by atoms with van der Waals surface area (Å²) in [5.41, 5.74) is 4.21. The van der Waals surface area contributed by atoms with E-state index >= 15 is 0 Å². The highest BCUT2D eigenvalue weighted by molar-refractivity contribution is 5.55. The average Bonchev–Trinajstić information content (AvgIpc) is 2.18. The second-order valence-corrected chi connectivity index (χ2v) is 3.95. The van der Waals surface area contributed by atoms with Crippen molar-refractivity contribution in [2.24, 2.45) is 0 Å². The lowest BCUT2D eigenvalue weighted by Gasteiger charge is -2.02. The van der Waals surface area contributed by atoms with Gasteiger partial charge in [-0.2, -0.15) is 0 Å². The zero-order valence-corrected chi connectivity index (χ0v) is 9.51. The molecular weight excluding hydrogens is 168 g/mol. The van der Waals surface area contributed by atoms with Crippen LogP contribution in [0.3, 0.4) is 0 Å². The average molecular weight is 188 g/mol. The van der Waals surface area contributed by atoms with Gasteiger partial charge in [0.05, 0.1) is 0 Å². The van der Waals surface area contributed by atoms with Crippen LogP contribution in [-0.2, 0) is 0 Å². The molecule has 0 aliphatic heterocycles. The number of rotatable bonds is 4. The van der Waals surface area contributed by atoms with Gasteiger partial charge in [-0.1, -0.05) is 49.3 Å². The highest BCUT2D eigenvalue weighted by atomic mass is 14.0. The fourth-order valence-corrected chi connectivity index (χ4v) is 1.54. The quantitative estimate of drug-likeness (QED) is 0.648. The summed E-state index contributed by atoms with van der Waals surface area (Å²) in [6.07, 6.45) is 6.11. The minimum atomic E-state index is 1.23. The SMILES string of the molecule is CCCC/C(C)=C/c1ccccc1C. The fourth-order valence-electron chi connectivity index (χ4n) is 1.54. The molecule has 0 unspecified atom stereocenters. The Morgan fingerprint density at radius 3 is 2.64 bits per heavy atom. The summed E-state index contributed by atoms with van der Waals surface area (Å²) < 4.78 is 0. The molecule has 0 N–H and O–H groups in total. The highest BCUT2D eigenvalue weighted by Gasteiger charge is 1.94. The molecule has 0 atom stereocenters. The van der Waals surface area contributed by atoms with Crippen molar-refractivity contribution in [3.63, 3.8) is 0 Å². The van der Waals surface area contributed by atoms with Crippen LogP contribution in [0.25, 0.3) is 6.08 Å². The fraction of sp³-hybridized carbons (Fsp3) is 0.429. The van der Waals surface area contributed by atoms with Gasteiger partial charge < -0.3 is 0 Å². The summed E-state index contributed by atoms with van der Waals surface area (Å²) >= 11 is 0. The molecule has 0 heterocycles. The lowest BCUT2D eigenvalue weighted by Crippen LogP contribution is -1.82. The first-order valence-corrected chi connectivity index (χ1v) is 5.47. The largest absolute Gasteiger partial charge is 0.0727 e. The van der Waals surface area contributed by atoms with E-state index in [1.165, 1.54) is 36.0 Å². The molecule has 1 aromatic rings. The van der Waals surface area contributed by atoms with Gasteiger partial charge in [-0.25, -0.2) is 0 Å². The van der Waals surface area contributed by atoms with Gasteiger partial charge in [-0.05, 0) is 37.8 Å². The lowest BCUT2D eigenvalue weighted by molar-refractivity contribution is 0.790. The zero-order chi connectivity index (χ0) is 10.4. The van der Waals surface area contributed by atoms with Crippen LogP contribution in [0, 0.1) is 6.92 Å². The van der Waals surface area contributed by atoms with E-state index in [4.69, 9.17) is 0 Å². The van der Waals surface area contributed by atoms with Gasteiger partial charge in [-0.3, -0.25) is 0 Å². The number of unbranched alkanes of at least 4 members (excludes halogenated alkanes) is 1. The van der Waals surface area contributed by atoms with Crippen LogP contribution >= 0.6 is 0 Å². The maximum atomic E-state index is 2.31. The van der Waals surface area contributed by atoms with Crippen LogP contribution in [0.4, 0.5) is 0 Å². The monoisotopic (exact) mass is 188 g/mol. The molecule has 0 heteroatoms. The van der Waals surface area contributed by atoms with E-state index in [9.17, 15) is 0 Å². The molecule has 14 heavy (non-hydrogen) atoms. The van der Waals surface area contributed by atoms with E-state index < -0.39 is 0 Å². The minimum Gasteiger partial charge on any atom is -0.0727 e. The number of benzene rings is 1. The van der Waals surface area contributed by atoms with E-state index in [0.29, 0.717) is 0 Å². The van der Waals surface area contributed by atoms with Crippen LogP contribution in [-0.4, -0.2) is 0 Å². The first-order chi connectivity index (χ1) is 6.74. The van der Waals surface area contributed by atoms with Crippen molar-refractivity contribution in [2.45, 2.75) is 40.0 Å². The summed E-state index contributed by atoms with van der Waals surface area (Å²) in [4.78, 5) is 0.